The summed E-state index contributed by atoms with van der Waals surface area (Å²) < 4.78 is 5.99. The fourth-order valence-corrected chi connectivity index (χ4v) is 5.50. The van der Waals surface area contributed by atoms with Crippen LogP contribution in [-0.4, -0.2) is 32.6 Å². The lowest BCUT2D eigenvalue weighted by Crippen LogP contribution is -2.21. The minimum atomic E-state index is 0.0359. The molecule has 1 saturated heterocycles. The number of phenols is 1. The molecule has 0 spiro atoms. The highest BCUT2D eigenvalue weighted by molar-refractivity contribution is 5.75. The molecular formula is C24H31N3O3. The number of benzene rings is 1. The van der Waals surface area contributed by atoms with E-state index >= 15 is 0 Å². The molecule has 160 valence electrons. The number of rotatable bonds is 1. The fraction of sp³-hybridized carbons (Fsp3) is 0.583. The summed E-state index contributed by atoms with van der Waals surface area (Å²) in [6, 6.07) is 4.10. The Morgan fingerprint density at radius 1 is 0.933 bits per heavy atom. The van der Waals surface area contributed by atoms with Crippen molar-refractivity contribution in [2.75, 3.05) is 5.73 Å². The van der Waals surface area contributed by atoms with Crippen LogP contribution in [-0.2, 0) is 24.0 Å². The number of nitrogens with zero attached hydrogens (tertiary/aromatic N) is 2. The van der Waals surface area contributed by atoms with Crippen molar-refractivity contribution < 1.29 is 14.9 Å². The maximum Gasteiger partial charge on any atom is 0.152 e. The third-order valence-electron chi connectivity index (χ3n) is 7.09. The molecule has 0 radical (unpaired) electrons. The van der Waals surface area contributed by atoms with Crippen molar-refractivity contribution >= 4 is 5.82 Å². The van der Waals surface area contributed by atoms with Crippen molar-refractivity contribution in [3.63, 3.8) is 0 Å². The molecule has 1 aromatic heterocycles. The standard InChI is InChI=1S/C18H19N3O2.C6H12O/c19-18-15-13(8-10-5-7-14(15)23-10)16(20-21-18)12-6-4-9-2-1-3-11(9)17(12)22;7-6-4-2-1-3-5-6/h4,6,10,14,22H,1-3,5,7-8H2,(H2,19,21);6-7H,1-5H2. The molecule has 6 heteroatoms. The van der Waals surface area contributed by atoms with E-state index in [1.165, 1.54) is 24.8 Å². The molecule has 1 aromatic carbocycles. The van der Waals surface area contributed by atoms with Gasteiger partial charge in [0.15, 0.2) is 5.82 Å². The molecule has 4 aliphatic rings. The summed E-state index contributed by atoms with van der Waals surface area (Å²) in [7, 11) is 0. The van der Waals surface area contributed by atoms with Gasteiger partial charge in [0.1, 0.15) is 11.4 Å². The molecule has 2 unspecified atom stereocenters. The minimum absolute atomic E-state index is 0.0359. The van der Waals surface area contributed by atoms with Gasteiger partial charge >= 0.3 is 0 Å². The SMILES string of the molecule is Nc1nnc(-c2ccc3c(c2O)CCC3)c2c1C1CCC(C2)O1.OC1CCCCC1. The van der Waals surface area contributed by atoms with Crippen molar-refractivity contribution in [2.45, 2.75) is 88.9 Å². The summed E-state index contributed by atoms with van der Waals surface area (Å²) in [6.07, 6.45) is 12.1. The Hall–Kier alpha value is -2.18. The number of aromatic nitrogens is 2. The molecule has 6 rings (SSSR count). The number of nitrogens with two attached hydrogens (primary N) is 1. The van der Waals surface area contributed by atoms with E-state index in [0.29, 0.717) is 11.6 Å². The summed E-state index contributed by atoms with van der Waals surface area (Å²) in [4.78, 5) is 0. The average molecular weight is 410 g/mol. The van der Waals surface area contributed by atoms with E-state index in [1.807, 2.05) is 6.07 Å². The first-order chi connectivity index (χ1) is 14.6. The number of aryl methyl sites for hydroxylation is 1. The van der Waals surface area contributed by atoms with Crippen molar-refractivity contribution in [3.8, 4) is 17.0 Å². The number of ether oxygens (including phenoxy) is 1. The van der Waals surface area contributed by atoms with E-state index in [1.54, 1.807) is 0 Å². The number of fused-ring (bicyclic) bond motifs is 5. The van der Waals surface area contributed by atoms with Crippen LogP contribution in [0.25, 0.3) is 11.3 Å². The summed E-state index contributed by atoms with van der Waals surface area (Å²) >= 11 is 0. The van der Waals surface area contributed by atoms with Crippen LogP contribution < -0.4 is 5.73 Å². The number of hydrogen-bond acceptors (Lipinski definition) is 6. The molecule has 1 saturated carbocycles. The Balaban J connectivity index is 0.000000236. The van der Waals surface area contributed by atoms with Gasteiger partial charge in [0.05, 0.1) is 18.3 Å². The highest BCUT2D eigenvalue weighted by Gasteiger charge is 2.38. The Morgan fingerprint density at radius 3 is 2.53 bits per heavy atom. The van der Waals surface area contributed by atoms with E-state index in [4.69, 9.17) is 15.6 Å². The van der Waals surface area contributed by atoms with Crippen molar-refractivity contribution in [2.24, 2.45) is 0 Å². The number of aromatic hydroxyl groups is 1. The van der Waals surface area contributed by atoms with Crippen molar-refractivity contribution in [3.05, 3.63) is 34.4 Å². The molecule has 4 N–H and O–H groups in total. The predicted octanol–water partition coefficient (Wildman–Crippen LogP) is 4.01. The van der Waals surface area contributed by atoms with Gasteiger partial charge in [0, 0.05) is 17.5 Å². The summed E-state index contributed by atoms with van der Waals surface area (Å²) in [5.74, 6) is 0.842. The number of aliphatic hydroxyl groups is 1. The second kappa shape index (κ2) is 8.16. The van der Waals surface area contributed by atoms with Crippen LogP contribution in [0.1, 0.15) is 79.7 Å². The zero-order valence-corrected chi connectivity index (χ0v) is 17.4. The highest BCUT2D eigenvalue weighted by atomic mass is 16.5. The largest absolute Gasteiger partial charge is 0.507 e. The average Bonchev–Trinajstić information content (AvgIpc) is 3.38. The zero-order chi connectivity index (χ0) is 20.7. The first-order valence-electron chi connectivity index (χ1n) is 11.4. The Kier molecular flexibility index (Phi) is 5.37. The molecule has 2 atom stereocenters. The number of phenolic OH excluding ortho intramolecular Hbond substituents is 1. The van der Waals surface area contributed by atoms with Gasteiger partial charge in [-0.05, 0) is 67.7 Å². The summed E-state index contributed by atoms with van der Waals surface area (Å²) in [6.45, 7) is 0. The van der Waals surface area contributed by atoms with Gasteiger partial charge in [0.2, 0.25) is 0 Å². The molecule has 2 bridgehead atoms. The summed E-state index contributed by atoms with van der Waals surface area (Å²) in [5, 5.41) is 28.2. The number of hydrogen-bond donors (Lipinski definition) is 3. The molecule has 2 aromatic rings. The maximum absolute atomic E-state index is 10.8. The predicted molar refractivity (Wildman–Crippen MR) is 115 cm³/mol. The van der Waals surface area contributed by atoms with Crippen LogP contribution in [0.2, 0.25) is 0 Å². The van der Waals surface area contributed by atoms with Crippen LogP contribution in [0.3, 0.4) is 0 Å². The van der Waals surface area contributed by atoms with Crippen LogP contribution in [0.4, 0.5) is 5.82 Å². The van der Waals surface area contributed by atoms with E-state index < -0.39 is 0 Å². The molecule has 2 aliphatic carbocycles. The summed E-state index contributed by atoms with van der Waals surface area (Å²) in [5.41, 5.74) is 12.1. The molecule has 30 heavy (non-hydrogen) atoms. The zero-order valence-electron chi connectivity index (χ0n) is 17.4. The Morgan fingerprint density at radius 2 is 1.77 bits per heavy atom. The van der Waals surface area contributed by atoms with Gasteiger partial charge in [-0.3, -0.25) is 0 Å². The van der Waals surface area contributed by atoms with E-state index in [0.717, 1.165) is 79.3 Å². The van der Waals surface area contributed by atoms with Gasteiger partial charge < -0.3 is 20.7 Å². The number of nitrogen functional groups attached to an aromatic ring is 1. The first kappa shape index (κ1) is 19.8. The van der Waals surface area contributed by atoms with Crippen molar-refractivity contribution in [1.82, 2.24) is 10.2 Å². The quantitative estimate of drug-likeness (QED) is 0.658. The topological polar surface area (TPSA) is 101 Å². The normalized spacial score (nSPS) is 24.7. The van der Waals surface area contributed by atoms with Gasteiger partial charge in [-0.15, -0.1) is 10.2 Å². The van der Waals surface area contributed by atoms with Gasteiger partial charge in [-0.1, -0.05) is 25.3 Å². The van der Waals surface area contributed by atoms with Crippen LogP contribution >= 0.6 is 0 Å². The van der Waals surface area contributed by atoms with Gasteiger partial charge in [-0.25, -0.2) is 0 Å². The molecule has 2 fully saturated rings. The van der Waals surface area contributed by atoms with Gasteiger partial charge in [-0.2, -0.15) is 0 Å². The molecule has 0 amide bonds. The van der Waals surface area contributed by atoms with E-state index in [2.05, 4.69) is 16.3 Å². The molecule has 6 nitrogen and oxygen atoms in total. The second-order valence-electron chi connectivity index (χ2n) is 9.10. The smallest absolute Gasteiger partial charge is 0.152 e. The lowest BCUT2D eigenvalue weighted by atomic mass is 9.92. The Bertz CT molecular complexity index is 940. The maximum atomic E-state index is 10.8. The molecule has 3 heterocycles. The monoisotopic (exact) mass is 409 g/mol. The Labute approximate surface area is 177 Å². The minimum Gasteiger partial charge on any atom is -0.507 e. The molecule has 2 aliphatic heterocycles. The lowest BCUT2D eigenvalue weighted by molar-refractivity contribution is 0.0326. The van der Waals surface area contributed by atoms with Crippen molar-refractivity contribution in [1.29, 1.82) is 0 Å². The van der Waals surface area contributed by atoms with Crippen LogP contribution in [0, 0.1) is 0 Å². The van der Waals surface area contributed by atoms with Gasteiger partial charge in [0.25, 0.3) is 0 Å². The van der Waals surface area contributed by atoms with E-state index in [-0.39, 0.29) is 18.3 Å². The van der Waals surface area contributed by atoms with E-state index in [9.17, 15) is 5.11 Å². The molecular weight excluding hydrogens is 378 g/mol. The second-order valence-corrected chi connectivity index (χ2v) is 9.10. The third kappa shape index (κ3) is 3.56. The number of aliphatic hydroxyl groups excluding tert-OH is 1. The van der Waals surface area contributed by atoms with Crippen LogP contribution in [0.5, 0.6) is 5.75 Å². The fourth-order valence-electron chi connectivity index (χ4n) is 5.50. The third-order valence-corrected chi connectivity index (χ3v) is 7.09. The lowest BCUT2D eigenvalue weighted by Gasteiger charge is -2.26. The first-order valence-corrected chi connectivity index (χ1v) is 11.4. The van der Waals surface area contributed by atoms with Crippen LogP contribution in [0.15, 0.2) is 12.1 Å². The highest BCUT2D eigenvalue weighted by Crippen LogP contribution is 2.47. The number of anilines is 1.